The highest BCUT2D eigenvalue weighted by molar-refractivity contribution is 7.91. The monoisotopic (exact) mass is 301 g/mol. The fraction of sp³-hybridized carbons (Fsp3) is 0.400. The number of nitrogen functional groups attached to an aromatic ring is 1. The Bertz CT molecular complexity index is 674. The van der Waals surface area contributed by atoms with Gasteiger partial charge in [-0.15, -0.1) is 0 Å². The van der Waals surface area contributed by atoms with E-state index in [9.17, 15) is 8.42 Å². The number of aromatic nitrogens is 3. The molecule has 19 heavy (non-hydrogen) atoms. The van der Waals surface area contributed by atoms with Crippen molar-refractivity contribution >= 4 is 26.5 Å². The normalized spacial score (nSPS) is 11.9. The number of nitrogens with zero attached hydrogens (tertiary/aromatic N) is 3. The van der Waals surface area contributed by atoms with Crippen LogP contribution in [-0.2, 0) is 23.5 Å². The summed E-state index contributed by atoms with van der Waals surface area (Å²) in [6, 6.07) is 1.85. The number of hydrogen-bond acceptors (Lipinski definition) is 6. The first-order valence-electron chi connectivity index (χ1n) is 5.59. The van der Waals surface area contributed by atoms with Crippen LogP contribution in [0.25, 0.3) is 0 Å². The van der Waals surface area contributed by atoms with E-state index in [4.69, 9.17) is 5.73 Å². The van der Waals surface area contributed by atoms with Crippen molar-refractivity contribution in [3.05, 3.63) is 23.7 Å². The van der Waals surface area contributed by atoms with Crippen LogP contribution in [0.5, 0.6) is 0 Å². The molecule has 2 rings (SSSR count). The number of aryl methyl sites for hydroxylation is 2. The van der Waals surface area contributed by atoms with Gasteiger partial charge < -0.3 is 5.73 Å². The van der Waals surface area contributed by atoms with E-state index in [0.29, 0.717) is 18.7 Å². The average Bonchev–Trinajstić information content (AvgIpc) is 2.86. The molecular formula is C10H15N5O2S2. The smallest absolute Gasteiger partial charge is 0.252 e. The molecule has 104 valence electrons. The minimum absolute atomic E-state index is 0.176. The van der Waals surface area contributed by atoms with Crippen molar-refractivity contribution in [1.82, 2.24) is 19.5 Å². The topological polar surface area (TPSA) is 103 Å². The lowest BCUT2D eigenvalue weighted by Gasteiger charge is -2.05. The summed E-state index contributed by atoms with van der Waals surface area (Å²) < 4.78 is 28.6. The van der Waals surface area contributed by atoms with Crippen LogP contribution in [0.2, 0.25) is 0 Å². The molecular weight excluding hydrogens is 286 g/mol. The van der Waals surface area contributed by atoms with E-state index >= 15 is 0 Å². The second kappa shape index (κ2) is 5.27. The number of anilines is 1. The third kappa shape index (κ3) is 3.11. The molecule has 9 heteroatoms. The third-order valence-electron chi connectivity index (χ3n) is 2.61. The molecule has 0 bridgehead atoms. The molecule has 0 spiro atoms. The van der Waals surface area contributed by atoms with Gasteiger partial charge in [0.05, 0.1) is 5.69 Å². The van der Waals surface area contributed by atoms with Crippen LogP contribution in [0.3, 0.4) is 0 Å². The first kappa shape index (κ1) is 14.0. The molecule has 0 saturated heterocycles. The lowest BCUT2D eigenvalue weighted by Crippen LogP contribution is -2.26. The summed E-state index contributed by atoms with van der Waals surface area (Å²) in [7, 11) is -1.72. The molecule has 0 saturated carbocycles. The Morgan fingerprint density at radius 3 is 2.79 bits per heavy atom. The van der Waals surface area contributed by atoms with Crippen LogP contribution in [0.15, 0.2) is 16.5 Å². The molecule has 0 aliphatic heterocycles. The quantitative estimate of drug-likeness (QED) is 0.826. The Morgan fingerprint density at radius 2 is 2.26 bits per heavy atom. The molecule has 2 aromatic rings. The number of nitrogens with two attached hydrogens (primary N) is 1. The van der Waals surface area contributed by atoms with Crippen LogP contribution in [0, 0.1) is 6.92 Å². The number of thiazole rings is 1. The summed E-state index contributed by atoms with van der Waals surface area (Å²) in [6.07, 6.45) is 2.25. The van der Waals surface area contributed by atoms with E-state index in [1.807, 2.05) is 13.1 Å². The molecule has 0 aromatic carbocycles. The molecule has 0 radical (unpaired) electrons. The van der Waals surface area contributed by atoms with Gasteiger partial charge in [-0.3, -0.25) is 4.68 Å². The van der Waals surface area contributed by atoms with Crippen LogP contribution in [-0.4, -0.2) is 29.7 Å². The zero-order valence-electron chi connectivity index (χ0n) is 10.6. The minimum atomic E-state index is -3.54. The number of sulfonamides is 1. The average molecular weight is 301 g/mol. The van der Waals surface area contributed by atoms with Gasteiger partial charge in [0.2, 0.25) is 0 Å². The highest BCUT2D eigenvalue weighted by Gasteiger charge is 2.20. The summed E-state index contributed by atoms with van der Waals surface area (Å²) in [5.74, 6) is 0. The van der Waals surface area contributed by atoms with Crippen LogP contribution in [0.1, 0.15) is 11.4 Å². The van der Waals surface area contributed by atoms with Crippen molar-refractivity contribution in [2.24, 2.45) is 7.05 Å². The molecule has 2 aromatic heterocycles. The van der Waals surface area contributed by atoms with E-state index in [1.165, 1.54) is 0 Å². The SMILES string of the molecule is Cc1nc(N)sc1S(=O)(=O)NCCc1ccnn1C. The van der Waals surface area contributed by atoms with Gasteiger partial charge in [0.1, 0.15) is 0 Å². The zero-order valence-corrected chi connectivity index (χ0v) is 12.3. The third-order valence-corrected chi connectivity index (χ3v) is 5.67. The van der Waals surface area contributed by atoms with E-state index < -0.39 is 10.0 Å². The minimum Gasteiger partial charge on any atom is -0.375 e. The molecule has 0 aliphatic carbocycles. The van der Waals surface area contributed by atoms with Gasteiger partial charge in [-0.2, -0.15) is 5.10 Å². The second-order valence-electron chi connectivity index (χ2n) is 4.02. The first-order chi connectivity index (χ1) is 8.90. The van der Waals surface area contributed by atoms with Gasteiger partial charge in [-0.05, 0) is 13.0 Å². The molecule has 0 unspecified atom stereocenters. The molecule has 0 atom stereocenters. The first-order valence-corrected chi connectivity index (χ1v) is 7.89. The highest BCUT2D eigenvalue weighted by atomic mass is 32.2. The zero-order chi connectivity index (χ0) is 14.0. The summed E-state index contributed by atoms with van der Waals surface area (Å²) >= 11 is 0.971. The Hall–Kier alpha value is -1.45. The lowest BCUT2D eigenvalue weighted by atomic mass is 10.3. The fourth-order valence-corrected chi connectivity index (χ4v) is 4.05. The van der Waals surface area contributed by atoms with Gasteiger partial charge in [-0.25, -0.2) is 18.1 Å². The largest absolute Gasteiger partial charge is 0.375 e. The molecule has 3 N–H and O–H groups in total. The van der Waals surface area contributed by atoms with Gasteiger partial charge in [-0.1, -0.05) is 11.3 Å². The fourth-order valence-electron chi connectivity index (χ4n) is 1.68. The highest BCUT2D eigenvalue weighted by Crippen LogP contribution is 2.24. The predicted molar refractivity (Wildman–Crippen MR) is 73.4 cm³/mol. The van der Waals surface area contributed by atoms with E-state index in [-0.39, 0.29) is 9.34 Å². The molecule has 0 fully saturated rings. The van der Waals surface area contributed by atoms with Crippen molar-refractivity contribution in [1.29, 1.82) is 0 Å². The Morgan fingerprint density at radius 1 is 1.53 bits per heavy atom. The molecule has 2 heterocycles. The van der Waals surface area contributed by atoms with Crippen molar-refractivity contribution in [2.75, 3.05) is 12.3 Å². The van der Waals surface area contributed by atoms with Crippen LogP contribution < -0.4 is 10.5 Å². The van der Waals surface area contributed by atoms with E-state index in [0.717, 1.165) is 17.0 Å². The number of nitrogens with one attached hydrogen (secondary N) is 1. The summed E-state index contributed by atoms with van der Waals surface area (Å²) in [5.41, 5.74) is 6.89. The van der Waals surface area contributed by atoms with Crippen LogP contribution in [0.4, 0.5) is 5.13 Å². The van der Waals surface area contributed by atoms with Crippen molar-refractivity contribution in [3.63, 3.8) is 0 Å². The Kier molecular flexibility index (Phi) is 3.88. The maximum absolute atomic E-state index is 12.1. The van der Waals surface area contributed by atoms with Gasteiger partial charge in [0.25, 0.3) is 10.0 Å². The summed E-state index contributed by atoms with van der Waals surface area (Å²) in [6.45, 7) is 1.93. The number of hydrogen-bond donors (Lipinski definition) is 2. The van der Waals surface area contributed by atoms with Crippen molar-refractivity contribution < 1.29 is 8.42 Å². The van der Waals surface area contributed by atoms with Crippen LogP contribution >= 0.6 is 11.3 Å². The van der Waals surface area contributed by atoms with Gasteiger partial charge in [0, 0.05) is 31.9 Å². The predicted octanol–water partition coefficient (Wildman–Crippen LogP) is 0.288. The standard InChI is InChI=1S/C10H15N5O2S2/c1-7-9(18-10(11)14-7)19(16,17)13-6-4-8-3-5-12-15(8)2/h3,5,13H,4,6H2,1-2H3,(H2,11,14). The van der Waals surface area contributed by atoms with E-state index in [1.54, 1.807) is 17.8 Å². The van der Waals surface area contributed by atoms with Gasteiger partial charge >= 0.3 is 0 Å². The Balaban J connectivity index is 2.03. The summed E-state index contributed by atoms with van der Waals surface area (Å²) in [4.78, 5) is 3.91. The molecule has 7 nitrogen and oxygen atoms in total. The maximum Gasteiger partial charge on any atom is 0.252 e. The second-order valence-corrected chi connectivity index (χ2v) is 7.01. The molecule has 0 aliphatic rings. The number of rotatable bonds is 5. The lowest BCUT2D eigenvalue weighted by molar-refractivity contribution is 0.581. The summed E-state index contributed by atoms with van der Waals surface area (Å²) in [5, 5.41) is 4.28. The van der Waals surface area contributed by atoms with E-state index in [2.05, 4.69) is 14.8 Å². The molecule has 0 amide bonds. The maximum atomic E-state index is 12.1. The van der Waals surface area contributed by atoms with Gasteiger partial charge in [0.15, 0.2) is 9.34 Å². The Labute approximate surface area is 115 Å². The van der Waals surface area contributed by atoms with Crippen molar-refractivity contribution in [2.45, 2.75) is 17.6 Å². The van der Waals surface area contributed by atoms with Crippen molar-refractivity contribution in [3.8, 4) is 0 Å².